The summed E-state index contributed by atoms with van der Waals surface area (Å²) in [5, 5.41) is 14.4. The van der Waals surface area contributed by atoms with E-state index >= 15 is 0 Å². The molecule has 0 bridgehead atoms. The maximum Gasteiger partial charge on any atom is 0.234 e. The van der Waals surface area contributed by atoms with Crippen molar-refractivity contribution in [3.63, 3.8) is 0 Å². The summed E-state index contributed by atoms with van der Waals surface area (Å²) in [7, 11) is 0. The summed E-state index contributed by atoms with van der Waals surface area (Å²) >= 11 is 1.63. The van der Waals surface area contributed by atoms with Crippen molar-refractivity contribution in [1.29, 1.82) is 0 Å². The maximum atomic E-state index is 6.14. The van der Waals surface area contributed by atoms with E-state index in [0.29, 0.717) is 11.8 Å². The summed E-state index contributed by atoms with van der Waals surface area (Å²) in [6.07, 6.45) is 7.22. The minimum atomic E-state index is 0.164. The molecule has 2 aromatic rings. The first-order valence-corrected chi connectivity index (χ1v) is 8.43. The van der Waals surface area contributed by atoms with E-state index in [4.69, 9.17) is 10.8 Å². The molecule has 0 aliphatic heterocycles. The van der Waals surface area contributed by atoms with E-state index in [1.165, 1.54) is 32.1 Å². The van der Waals surface area contributed by atoms with Crippen molar-refractivity contribution in [2.24, 2.45) is 11.7 Å². The lowest BCUT2D eigenvalue weighted by Crippen LogP contribution is -2.28. The molecule has 1 aliphatic carbocycles. The molecule has 1 fully saturated rings. The number of nitrogens with zero attached hydrogens (tertiary/aromatic N) is 4. The van der Waals surface area contributed by atoms with Crippen LogP contribution in [0.1, 0.15) is 62.7 Å². The molecule has 1 unspecified atom stereocenters. The van der Waals surface area contributed by atoms with Gasteiger partial charge in [-0.1, -0.05) is 44.4 Å². The van der Waals surface area contributed by atoms with Gasteiger partial charge in [-0.2, -0.15) is 9.61 Å². The normalized spacial score (nSPS) is 19.0. The largest absolute Gasteiger partial charge is 0.327 e. The minimum absolute atomic E-state index is 0.164. The van der Waals surface area contributed by atoms with Crippen LogP contribution in [0.2, 0.25) is 0 Å². The van der Waals surface area contributed by atoms with E-state index in [2.05, 4.69) is 24.0 Å². The van der Waals surface area contributed by atoms with E-state index < -0.39 is 0 Å². The standard InChI is InChI=1S/C14H23N5S/c1-9(2)11(15)8-12-18-19-13(16-17-14(19)20-12)10-6-4-3-5-7-10/h9-11H,3-8,15H2,1-2H3. The summed E-state index contributed by atoms with van der Waals surface area (Å²) in [5.74, 6) is 2.06. The van der Waals surface area contributed by atoms with Gasteiger partial charge in [0.15, 0.2) is 5.82 Å². The van der Waals surface area contributed by atoms with Gasteiger partial charge in [0.25, 0.3) is 0 Å². The lowest BCUT2D eigenvalue weighted by molar-refractivity contribution is 0.422. The third-order valence-electron chi connectivity index (χ3n) is 4.29. The third-order valence-corrected chi connectivity index (χ3v) is 5.21. The molecule has 2 aromatic heterocycles. The second-order valence-electron chi connectivity index (χ2n) is 6.20. The summed E-state index contributed by atoms with van der Waals surface area (Å²) in [5.41, 5.74) is 6.14. The molecule has 3 rings (SSSR count). The number of hydrogen-bond donors (Lipinski definition) is 1. The number of aromatic nitrogens is 4. The molecule has 0 saturated heterocycles. The highest BCUT2D eigenvalue weighted by Crippen LogP contribution is 2.32. The molecule has 5 nitrogen and oxygen atoms in total. The molecular weight excluding hydrogens is 270 g/mol. The number of hydrogen-bond acceptors (Lipinski definition) is 5. The summed E-state index contributed by atoms with van der Waals surface area (Å²) in [6, 6.07) is 0.164. The van der Waals surface area contributed by atoms with E-state index in [-0.39, 0.29) is 6.04 Å². The lowest BCUT2D eigenvalue weighted by Gasteiger charge is -2.18. The van der Waals surface area contributed by atoms with Crippen LogP contribution in [-0.2, 0) is 6.42 Å². The Hall–Kier alpha value is -1.01. The fraction of sp³-hybridized carbons (Fsp3) is 0.786. The van der Waals surface area contributed by atoms with E-state index in [1.54, 1.807) is 11.3 Å². The van der Waals surface area contributed by atoms with Crippen molar-refractivity contribution in [3.8, 4) is 0 Å². The zero-order chi connectivity index (χ0) is 14.1. The van der Waals surface area contributed by atoms with Crippen LogP contribution in [-0.4, -0.2) is 25.9 Å². The molecule has 2 heterocycles. The lowest BCUT2D eigenvalue weighted by atomic mass is 9.89. The van der Waals surface area contributed by atoms with Gasteiger partial charge in [-0.15, -0.1) is 10.2 Å². The van der Waals surface area contributed by atoms with Gasteiger partial charge in [0.1, 0.15) is 5.01 Å². The average molecular weight is 293 g/mol. The molecule has 0 radical (unpaired) electrons. The first-order chi connectivity index (χ1) is 9.65. The first kappa shape index (κ1) is 13.9. The van der Waals surface area contributed by atoms with Gasteiger partial charge in [-0.3, -0.25) is 0 Å². The molecule has 1 aliphatic rings. The second-order valence-corrected chi connectivity index (χ2v) is 7.24. The Balaban J connectivity index is 1.82. The maximum absolute atomic E-state index is 6.14. The van der Waals surface area contributed by atoms with Gasteiger partial charge < -0.3 is 5.73 Å². The minimum Gasteiger partial charge on any atom is -0.327 e. The predicted octanol–water partition coefficient (Wildman–Crippen LogP) is 2.76. The van der Waals surface area contributed by atoms with Crippen LogP contribution in [0.3, 0.4) is 0 Å². The van der Waals surface area contributed by atoms with Gasteiger partial charge >= 0.3 is 0 Å². The van der Waals surface area contributed by atoms with Crippen molar-refractivity contribution in [2.45, 2.75) is 64.3 Å². The van der Waals surface area contributed by atoms with Gasteiger partial charge in [-0.25, -0.2) is 0 Å². The van der Waals surface area contributed by atoms with Crippen molar-refractivity contribution >= 4 is 16.3 Å². The Morgan fingerprint density at radius 3 is 2.70 bits per heavy atom. The van der Waals surface area contributed by atoms with Crippen molar-refractivity contribution in [2.75, 3.05) is 0 Å². The number of nitrogens with two attached hydrogens (primary N) is 1. The SMILES string of the molecule is CC(C)C(N)Cc1nn2c(C3CCCCC3)nnc2s1. The zero-order valence-corrected chi connectivity index (χ0v) is 13.1. The highest BCUT2D eigenvalue weighted by molar-refractivity contribution is 7.16. The van der Waals surface area contributed by atoms with Crippen LogP contribution in [0.15, 0.2) is 0 Å². The van der Waals surface area contributed by atoms with Gasteiger partial charge in [-0.05, 0) is 18.8 Å². The molecule has 0 amide bonds. The molecule has 1 saturated carbocycles. The molecule has 6 heteroatoms. The Morgan fingerprint density at radius 1 is 1.25 bits per heavy atom. The van der Waals surface area contributed by atoms with Gasteiger partial charge in [0.05, 0.1) is 0 Å². The fourth-order valence-corrected chi connectivity index (χ4v) is 3.72. The average Bonchev–Trinajstić information content (AvgIpc) is 2.99. The molecule has 2 N–H and O–H groups in total. The van der Waals surface area contributed by atoms with Gasteiger partial charge in [0.2, 0.25) is 4.96 Å². The Labute approximate surface area is 123 Å². The van der Waals surface area contributed by atoms with Crippen LogP contribution in [0.25, 0.3) is 4.96 Å². The molecule has 1 atom stereocenters. The van der Waals surface area contributed by atoms with Crippen LogP contribution < -0.4 is 5.73 Å². The number of fused-ring (bicyclic) bond motifs is 1. The van der Waals surface area contributed by atoms with Crippen LogP contribution in [0.5, 0.6) is 0 Å². The highest BCUT2D eigenvalue weighted by Gasteiger charge is 2.23. The first-order valence-electron chi connectivity index (χ1n) is 7.61. The molecule has 20 heavy (non-hydrogen) atoms. The smallest absolute Gasteiger partial charge is 0.234 e. The Morgan fingerprint density at radius 2 is 2.00 bits per heavy atom. The fourth-order valence-electron chi connectivity index (χ4n) is 2.81. The van der Waals surface area contributed by atoms with E-state index in [9.17, 15) is 0 Å². The summed E-state index contributed by atoms with van der Waals surface area (Å²) in [6.45, 7) is 4.30. The molecule has 0 spiro atoms. The van der Waals surface area contributed by atoms with Crippen molar-refractivity contribution in [1.82, 2.24) is 19.8 Å². The topological polar surface area (TPSA) is 69.1 Å². The number of rotatable bonds is 4. The quantitative estimate of drug-likeness (QED) is 0.941. The molecule has 0 aromatic carbocycles. The van der Waals surface area contributed by atoms with Crippen LogP contribution in [0.4, 0.5) is 0 Å². The molecular formula is C14H23N5S. The summed E-state index contributed by atoms with van der Waals surface area (Å²) in [4.78, 5) is 0.913. The summed E-state index contributed by atoms with van der Waals surface area (Å²) < 4.78 is 1.96. The highest BCUT2D eigenvalue weighted by atomic mass is 32.1. The van der Waals surface area contributed by atoms with Crippen molar-refractivity contribution < 1.29 is 0 Å². The Bertz CT molecular complexity index is 567. The van der Waals surface area contributed by atoms with Crippen molar-refractivity contribution in [3.05, 3.63) is 10.8 Å². The second kappa shape index (κ2) is 5.77. The third kappa shape index (κ3) is 2.72. The van der Waals surface area contributed by atoms with E-state index in [1.807, 2.05) is 4.52 Å². The van der Waals surface area contributed by atoms with Gasteiger partial charge in [0, 0.05) is 18.4 Å². The predicted molar refractivity (Wildman–Crippen MR) is 81.0 cm³/mol. The van der Waals surface area contributed by atoms with E-state index in [0.717, 1.165) is 22.2 Å². The monoisotopic (exact) mass is 293 g/mol. The Kier molecular flexibility index (Phi) is 4.03. The van der Waals surface area contributed by atoms with Crippen LogP contribution in [0, 0.1) is 5.92 Å². The van der Waals surface area contributed by atoms with Crippen LogP contribution >= 0.6 is 11.3 Å². The zero-order valence-electron chi connectivity index (χ0n) is 12.2. The molecule has 110 valence electrons.